The number of carbonyl (C=O) groups excluding carboxylic acids is 2. The average molecular weight is 291 g/mol. The molecule has 1 rings (SSSR count). The lowest BCUT2D eigenvalue weighted by atomic mass is 10.0. The SMILES string of the molecule is CCN(CC)C(=O)c1ccc(NC(=O)[C@H](N)C(C)C)cc1. The molecule has 5 nitrogen and oxygen atoms in total. The number of anilines is 1. The van der Waals surface area contributed by atoms with Gasteiger partial charge in [0, 0.05) is 24.3 Å². The molecular weight excluding hydrogens is 266 g/mol. The summed E-state index contributed by atoms with van der Waals surface area (Å²) in [5, 5.41) is 2.76. The highest BCUT2D eigenvalue weighted by Crippen LogP contribution is 2.12. The monoisotopic (exact) mass is 291 g/mol. The molecule has 5 heteroatoms. The van der Waals surface area contributed by atoms with Gasteiger partial charge in [0.15, 0.2) is 0 Å². The van der Waals surface area contributed by atoms with Crippen molar-refractivity contribution in [2.24, 2.45) is 11.7 Å². The summed E-state index contributed by atoms with van der Waals surface area (Å²) in [7, 11) is 0. The van der Waals surface area contributed by atoms with E-state index < -0.39 is 6.04 Å². The summed E-state index contributed by atoms with van der Waals surface area (Å²) in [5.41, 5.74) is 7.05. The summed E-state index contributed by atoms with van der Waals surface area (Å²) in [6.07, 6.45) is 0. The number of nitrogens with one attached hydrogen (secondary N) is 1. The minimum atomic E-state index is -0.540. The molecule has 0 aliphatic heterocycles. The summed E-state index contributed by atoms with van der Waals surface area (Å²) in [4.78, 5) is 25.8. The van der Waals surface area contributed by atoms with E-state index >= 15 is 0 Å². The van der Waals surface area contributed by atoms with Crippen molar-refractivity contribution in [2.75, 3.05) is 18.4 Å². The molecule has 1 atom stereocenters. The lowest BCUT2D eigenvalue weighted by Crippen LogP contribution is -2.39. The Morgan fingerprint density at radius 3 is 2.10 bits per heavy atom. The van der Waals surface area contributed by atoms with E-state index in [9.17, 15) is 9.59 Å². The molecule has 116 valence electrons. The topological polar surface area (TPSA) is 75.4 Å². The molecule has 0 heterocycles. The maximum Gasteiger partial charge on any atom is 0.253 e. The van der Waals surface area contributed by atoms with E-state index in [1.165, 1.54) is 0 Å². The Hall–Kier alpha value is -1.88. The van der Waals surface area contributed by atoms with E-state index in [-0.39, 0.29) is 17.7 Å². The third-order valence-electron chi connectivity index (χ3n) is 3.47. The average Bonchev–Trinajstić information content (AvgIpc) is 2.48. The number of nitrogens with zero attached hydrogens (tertiary/aromatic N) is 1. The Morgan fingerprint density at radius 1 is 1.14 bits per heavy atom. The van der Waals surface area contributed by atoms with E-state index in [0.717, 1.165) is 0 Å². The minimum Gasteiger partial charge on any atom is -0.339 e. The molecule has 21 heavy (non-hydrogen) atoms. The Morgan fingerprint density at radius 2 is 1.67 bits per heavy atom. The largest absolute Gasteiger partial charge is 0.339 e. The Labute approximate surface area is 126 Å². The normalized spacial score (nSPS) is 12.1. The highest BCUT2D eigenvalue weighted by molar-refractivity contribution is 5.97. The predicted molar refractivity (Wildman–Crippen MR) is 85.1 cm³/mol. The van der Waals surface area contributed by atoms with E-state index in [1.54, 1.807) is 29.2 Å². The van der Waals surface area contributed by atoms with Gasteiger partial charge in [-0.1, -0.05) is 13.8 Å². The quantitative estimate of drug-likeness (QED) is 0.842. The van der Waals surface area contributed by atoms with Crippen LogP contribution in [0.1, 0.15) is 38.1 Å². The molecule has 0 aliphatic rings. The molecule has 0 aromatic heterocycles. The van der Waals surface area contributed by atoms with Crippen molar-refractivity contribution in [1.29, 1.82) is 0 Å². The fourth-order valence-electron chi connectivity index (χ4n) is 1.92. The first-order valence-corrected chi connectivity index (χ1v) is 7.36. The van der Waals surface area contributed by atoms with Crippen molar-refractivity contribution in [3.8, 4) is 0 Å². The number of hydrogen-bond donors (Lipinski definition) is 2. The summed E-state index contributed by atoms with van der Waals surface area (Å²) in [6, 6.07) is 6.35. The summed E-state index contributed by atoms with van der Waals surface area (Å²) >= 11 is 0. The first-order chi connectivity index (χ1) is 9.90. The van der Waals surface area contributed by atoms with Gasteiger partial charge in [-0.25, -0.2) is 0 Å². The smallest absolute Gasteiger partial charge is 0.253 e. The number of hydrogen-bond acceptors (Lipinski definition) is 3. The fraction of sp³-hybridized carbons (Fsp3) is 0.500. The zero-order valence-electron chi connectivity index (χ0n) is 13.2. The number of nitrogens with two attached hydrogens (primary N) is 1. The lowest BCUT2D eigenvalue weighted by molar-refractivity contribution is -0.118. The second-order valence-corrected chi connectivity index (χ2v) is 5.31. The van der Waals surface area contributed by atoms with Crippen LogP contribution in [-0.4, -0.2) is 35.8 Å². The molecular formula is C16H25N3O2. The van der Waals surface area contributed by atoms with Crippen molar-refractivity contribution in [3.05, 3.63) is 29.8 Å². The maximum atomic E-state index is 12.2. The fourth-order valence-corrected chi connectivity index (χ4v) is 1.92. The van der Waals surface area contributed by atoms with Gasteiger partial charge in [0.25, 0.3) is 5.91 Å². The zero-order valence-corrected chi connectivity index (χ0v) is 13.2. The molecule has 0 bridgehead atoms. The molecule has 3 N–H and O–H groups in total. The van der Waals surface area contributed by atoms with Crippen LogP contribution in [0.3, 0.4) is 0 Å². The van der Waals surface area contributed by atoms with Crippen LogP contribution in [0.5, 0.6) is 0 Å². The predicted octanol–water partition coefficient (Wildman–Crippen LogP) is 2.09. The van der Waals surface area contributed by atoms with E-state index in [1.807, 2.05) is 27.7 Å². The molecule has 0 fully saturated rings. The van der Waals surface area contributed by atoms with Crippen molar-refractivity contribution >= 4 is 17.5 Å². The minimum absolute atomic E-state index is 0.00300. The molecule has 0 spiro atoms. The zero-order chi connectivity index (χ0) is 16.0. The van der Waals surface area contributed by atoms with Gasteiger partial charge in [-0.15, -0.1) is 0 Å². The number of amides is 2. The van der Waals surface area contributed by atoms with Crippen LogP contribution in [0.15, 0.2) is 24.3 Å². The van der Waals surface area contributed by atoms with Crippen LogP contribution in [0, 0.1) is 5.92 Å². The second kappa shape index (κ2) is 7.78. The van der Waals surface area contributed by atoms with Crippen molar-refractivity contribution < 1.29 is 9.59 Å². The van der Waals surface area contributed by atoms with Crippen LogP contribution in [-0.2, 0) is 4.79 Å². The van der Waals surface area contributed by atoms with Crippen LogP contribution in [0.4, 0.5) is 5.69 Å². The van der Waals surface area contributed by atoms with Crippen molar-refractivity contribution in [3.63, 3.8) is 0 Å². The van der Waals surface area contributed by atoms with Crippen LogP contribution < -0.4 is 11.1 Å². The van der Waals surface area contributed by atoms with Gasteiger partial charge in [-0.2, -0.15) is 0 Å². The molecule has 1 aromatic carbocycles. The molecule has 0 radical (unpaired) electrons. The first kappa shape index (κ1) is 17.2. The van der Waals surface area contributed by atoms with Gasteiger partial charge in [-0.3, -0.25) is 9.59 Å². The van der Waals surface area contributed by atoms with Gasteiger partial charge in [0.2, 0.25) is 5.91 Å². The van der Waals surface area contributed by atoms with Crippen LogP contribution >= 0.6 is 0 Å². The van der Waals surface area contributed by atoms with E-state index in [4.69, 9.17) is 5.73 Å². The van der Waals surface area contributed by atoms with Crippen molar-refractivity contribution in [2.45, 2.75) is 33.7 Å². The third kappa shape index (κ3) is 4.56. The van der Waals surface area contributed by atoms with Crippen molar-refractivity contribution in [1.82, 2.24) is 4.90 Å². The standard InChI is InChI=1S/C16H25N3O2/c1-5-19(6-2)16(21)12-7-9-13(10-8-12)18-15(20)14(17)11(3)4/h7-11,14H,5-6,17H2,1-4H3,(H,18,20)/t14-/m1/s1. The van der Waals surface area contributed by atoms with E-state index in [2.05, 4.69) is 5.32 Å². The third-order valence-corrected chi connectivity index (χ3v) is 3.47. The highest BCUT2D eigenvalue weighted by Gasteiger charge is 2.17. The van der Waals surface area contributed by atoms with Crippen LogP contribution in [0.25, 0.3) is 0 Å². The second-order valence-electron chi connectivity index (χ2n) is 5.31. The lowest BCUT2D eigenvalue weighted by Gasteiger charge is -2.19. The Balaban J connectivity index is 2.75. The number of carbonyl (C=O) groups is 2. The van der Waals surface area contributed by atoms with Gasteiger partial charge >= 0.3 is 0 Å². The van der Waals surface area contributed by atoms with Gasteiger partial charge < -0.3 is 16.0 Å². The molecule has 2 amide bonds. The summed E-state index contributed by atoms with van der Waals surface area (Å²) in [6.45, 7) is 9.05. The maximum absolute atomic E-state index is 12.2. The number of benzene rings is 1. The molecule has 1 aromatic rings. The first-order valence-electron chi connectivity index (χ1n) is 7.36. The number of rotatable bonds is 6. The molecule has 0 saturated heterocycles. The van der Waals surface area contributed by atoms with Crippen LogP contribution in [0.2, 0.25) is 0 Å². The Kier molecular flexibility index (Phi) is 6.37. The van der Waals surface area contributed by atoms with Gasteiger partial charge in [-0.05, 0) is 44.0 Å². The summed E-state index contributed by atoms with van der Waals surface area (Å²) < 4.78 is 0. The molecule has 0 saturated carbocycles. The highest BCUT2D eigenvalue weighted by atomic mass is 16.2. The summed E-state index contributed by atoms with van der Waals surface area (Å²) in [5.74, 6) is -0.141. The molecule has 0 unspecified atom stereocenters. The molecule has 0 aliphatic carbocycles. The Bertz CT molecular complexity index is 479. The van der Waals surface area contributed by atoms with E-state index in [0.29, 0.717) is 24.3 Å². The van der Waals surface area contributed by atoms with Gasteiger partial charge in [0.05, 0.1) is 6.04 Å². The van der Waals surface area contributed by atoms with Gasteiger partial charge in [0.1, 0.15) is 0 Å².